The Bertz CT molecular complexity index is 504. The molecule has 0 aliphatic heterocycles. The number of aromatic amines is 1. The molecule has 2 aromatic rings. The average Bonchev–Trinajstić information content (AvgIpc) is 2.72. The Kier molecular flexibility index (Phi) is 2.92. The van der Waals surface area contributed by atoms with Gasteiger partial charge < -0.3 is 14.8 Å². The molecule has 2 rings (SSSR count). The van der Waals surface area contributed by atoms with E-state index in [-0.39, 0.29) is 0 Å². The van der Waals surface area contributed by atoms with E-state index >= 15 is 0 Å². The molecule has 1 aromatic carbocycles. The number of hydrogen-bond acceptors (Lipinski definition) is 2. The summed E-state index contributed by atoms with van der Waals surface area (Å²) in [4.78, 5) is 13.9. The van der Waals surface area contributed by atoms with Crippen molar-refractivity contribution in [3.63, 3.8) is 0 Å². The highest BCUT2D eigenvalue weighted by Gasteiger charge is 2.16. The molecule has 0 amide bonds. The number of hydrogen-bond donors (Lipinski definition) is 2. The fourth-order valence-electron chi connectivity index (χ4n) is 1.71. The number of carbonyl (C=O) groups is 1. The van der Waals surface area contributed by atoms with Gasteiger partial charge in [0.1, 0.15) is 0 Å². The Labute approximate surface area is 92.9 Å². The molecule has 1 unspecified atom stereocenters. The first kappa shape index (κ1) is 10.7. The third-order valence-electron chi connectivity index (χ3n) is 2.60. The van der Waals surface area contributed by atoms with Crippen LogP contribution in [0.4, 0.5) is 0 Å². The number of rotatable bonds is 4. The summed E-state index contributed by atoms with van der Waals surface area (Å²) in [6.07, 6.45) is 1.45. The quantitative estimate of drug-likeness (QED) is 0.824. The van der Waals surface area contributed by atoms with Crippen LogP contribution in [0.5, 0.6) is 0 Å². The van der Waals surface area contributed by atoms with Crippen molar-refractivity contribution < 1.29 is 14.6 Å². The third-order valence-corrected chi connectivity index (χ3v) is 2.60. The molecule has 0 fully saturated rings. The van der Waals surface area contributed by atoms with Crippen LogP contribution in [0.15, 0.2) is 30.5 Å². The summed E-state index contributed by atoms with van der Waals surface area (Å²) in [5.41, 5.74) is 1.96. The van der Waals surface area contributed by atoms with E-state index in [1.807, 2.05) is 30.5 Å². The summed E-state index contributed by atoms with van der Waals surface area (Å²) in [7, 11) is 1.41. The van der Waals surface area contributed by atoms with Gasteiger partial charge in [0.25, 0.3) is 0 Å². The van der Waals surface area contributed by atoms with E-state index in [1.54, 1.807) is 0 Å². The van der Waals surface area contributed by atoms with Crippen LogP contribution < -0.4 is 0 Å². The molecule has 0 radical (unpaired) electrons. The Morgan fingerprint density at radius 2 is 2.31 bits per heavy atom. The van der Waals surface area contributed by atoms with E-state index in [4.69, 9.17) is 9.84 Å². The van der Waals surface area contributed by atoms with E-state index in [0.717, 1.165) is 16.5 Å². The van der Waals surface area contributed by atoms with Gasteiger partial charge in [-0.2, -0.15) is 0 Å². The first-order valence-electron chi connectivity index (χ1n) is 5.02. The second-order valence-electron chi connectivity index (χ2n) is 3.67. The maximum atomic E-state index is 10.8. The molecule has 16 heavy (non-hydrogen) atoms. The summed E-state index contributed by atoms with van der Waals surface area (Å²) in [6, 6.07) is 7.81. The van der Waals surface area contributed by atoms with Crippen molar-refractivity contribution in [1.29, 1.82) is 0 Å². The fraction of sp³-hybridized carbons (Fsp3) is 0.250. The maximum absolute atomic E-state index is 10.8. The van der Waals surface area contributed by atoms with Crippen molar-refractivity contribution in [1.82, 2.24) is 4.98 Å². The van der Waals surface area contributed by atoms with Gasteiger partial charge >= 0.3 is 5.97 Å². The Morgan fingerprint density at radius 1 is 1.50 bits per heavy atom. The number of carboxylic acid groups (broad SMARTS) is 1. The molecule has 0 aliphatic carbocycles. The molecule has 1 atom stereocenters. The number of aromatic nitrogens is 1. The molecular weight excluding hydrogens is 206 g/mol. The molecule has 4 nitrogen and oxygen atoms in total. The second kappa shape index (κ2) is 4.37. The monoisotopic (exact) mass is 219 g/mol. The standard InChI is InChI=1S/C12H13NO3/c1-16-11(12(14)15)7-8-2-3-9-4-5-13-10(9)6-8/h2-6,11,13H,7H2,1H3,(H,14,15). The minimum Gasteiger partial charge on any atom is -0.479 e. The third kappa shape index (κ3) is 2.06. The highest BCUT2D eigenvalue weighted by atomic mass is 16.5. The van der Waals surface area contributed by atoms with Crippen LogP contribution in [0.25, 0.3) is 10.9 Å². The summed E-state index contributed by atoms with van der Waals surface area (Å²) < 4.78 is 4.90. The lowest BCUT2D eigenvalue weighted by atomic mass is 10.1. The van der Waals surface area contributed by atoms with Gasteiger partial charge in [0.05, 0.1) is 0 Å². The van der Waals surface area contributed by atoms with Gasteiger partial charge in [-0.25, -0.2) is 4.79 Å². The zero-order valence-electron chi connectivity index (χ0n) is 8.93. The molecule has 1 aromatic heterocycles. The molecule has 0 saturated heterocycles. The topological polar surface area (TPSA) is 62.3 Å². The highest BCUT2D eigenvalue weighted by molar-refractivity contribution is 5.80. The first-order valence-corrected chi connectivity index (χ1v) is 5.02. The predicted octanol–water partition coefficient (Wildman–Crippen LogP) is 1.81. The molecule has 1 heterocycles. The number of benzene rings is 1. The summed E-state index contributed by atoms with van der Waals surface area (Å²) in [5.74, 6) is -0.936. The number of ether oxygens (including phenoxy) is 1. The SMILES string of the molecule is COC(Cc1ccc2cc[nH]c2c1)C(=O)O. The molecule has 84 valence electrons. The number of nitrogens with one attached hydrogen (secondary N) is 1. The largest absolute Gasteiger partial charge is 0.479 e. The molecule has 2 N–H and O–H groups in total. The second-order valence-corrected chi connectivity index (χ2v) is 3.67. The van der Waals surface area contributed by atoms with Crippen LogP contribution in [0.1, 0.15) is 5.56 Å². The van der Waals surface area contributed by atoms with E-state index in [2.05, 4.69) is 4.98 Å². The number of aliphatic carboxylic acids is 1. The van der Waals surface area contributed by atoms with Crippen LogP contribution in [-0.4, -0.2) is 29.3 Å². The van der Waals surface area contributed by atoms with Crippen LogP contribution in [0.3, 0.4) is 0 Å². The van der Waals surface area contributed by atoms with Crippen LogP contribution >= 0.6 is 0 Å². The minimum atomic E-state index is -0.936. The van der Waals surface area contributed by atoms with Gasteiger partial charge in [-0.1, -0.05) is 12.1 Å². The average molecular weight is 219 g/mol. The van der Waals surface area contributed by atoms with Gasteiger partial charge in [-0.15, -0.1) is 0 Å². The van der Waals surface area contributed by atoms with Crippen molar-refractivity contribution in [2.24, 2.45) is 0 Å². The highest BCUT2D eigenvalue weighted by Crippen LogP contribution is 2.15. The molecule has 0 bridgehead atoms. The normalized spacial score (nSPS) is 12.8. The van der Waals surface area contributed by atoms with Crippen molar-refractivity contribution in [2.75, 3.05) is 7.11 Å². The van der Waals surface area contributed by atoms with Gasteiger partial charge in [-0.3, -0.25) is 0 Å². The summed E-state index contributed by atoms with van der Waals surface area (Å²) >= 11 is 0. The Morgan fingerprint density at radius 3 is 3.00 bits per heavy atom. The van der Waals surface area contributed by atoms with Crippen molar-refractivity contribution in [3.05, 3.63) is 36.0 Å². The minimum absolute atomic E-state index is 0.376. The number of methoxy groups -OCH3 is 1. The zero-order valence-corrected chi connectivity index (χ0v) is 8.93. The van der Waals surface area contributed by atoms with Gasteiger partial charge in [0, 0.05) is 25.2 Å². The Balaban J connectivity index is 2.23. The van der Waals surface area contributed by atoms with Crippen molar-refractivity contribution in [2.45, 2.75) is 12.5 Å². The molecular formula is C12H13NO3. The lowest BCUT2D eigenvalue weighted by Gasteiger charge is -2.10. The van der Waals surface area contributed by atoms with Crippen LogP contribution in [0, 0.1) is 0 Å². The van der Waals surface area contributed by atoms with Crippen LogP contribution in [-0.2, 0) is 16.0 Å². The van der Waals surface area contributed by atoms with Crippen molar-refractivity contribution in [3.8, 4) is 0 Å². The summed E-state index contributed by atoms with van der Waals surface area (Å²) in [5, 5.41) is 9.99. The van der Waals surface area contributed by atoms with Gasteiger partial charge in [0.2, 0.25) is 0 Å². The van der Waals surface area contributed by atoms with E-state index in [0.29, 0.717) is 6.42 Å². The van der Waals surface area contributed by atoms with Crippen molar-refractivity contribution >= 4 is 16.9 Å². The van der Waals surface area contributed by atoms with E-state index in [1.165, 1.54) is 7.11 Å². The van der Waals surface area contributed by atoms with E-state index < -0.39 is 12.1 Å². The lowest BCUT2D eigenvalue weighted by molar-refractivity contribution is -0.148. The Hall–Kier alpha value is -1.81. The van der Waals surface area contributed by atoms with E-state index in [9.17, 15) is 4.79 Å². The predicted molar refractivity (Wildman–Crippen MR) is 60.4 cm³/mol. The maximum Gasteiger partial charge on any atom is 0.333 e. The molecule has 0 spiro atoms. The van der Waals surface area contributed by atoms with Gasteiger partial charge in [0.15, 0.2) is 6.10 Å². The number of fused-ring (bicyclic) bond motifs is 1. The smallest absolute Gasteiger partial charge is 0.333 e. The molecule has 0 saturated carbocycles. The van der Waals surface area contributed by atoms with Gasteiger partial charge in [-0.05, 0) is 23.1 Å². The molecule has 0 aliphatic rings. The zero-order chi connectivity index (χ0) is 11.5. The summed E-state index contributed by atoms with van der Waals surface area (Å²) in [6.45, 7) is 0. The fourth-order valence-corrected chi connectivity index (χ4v) is 1.71. The number of carboxylic acids is 1. The number of H-pyrrole nitrogens is 1. The first-order chi connectivity index (χ1) is 7.70. The lowest BCUT2D eigenvalue weighted by Crippen LogP contribution is -2.24. The molecule has 4 heteroatoms. The van der Waals surface area contributed by atoms with Crippen LogP contribution in [0.2, 0.25) is 0 Å².